The summed E-state index contributed by atoms with van der Waals surface area (Å²) < 4.78 is 5.29. The Labute approximate surface area is 115 Å². The van der Waals surface area contributed by atoms with Gasteiger partial charge in [-0.2, -0.15) is 0 Å². The molecule has 2 nitrogen and oxygen atoms in total. The van der Waals surface area contributed by atoms with Gasteiger partial charge in [0.25, 0.3) is 0 Å². The number of methoxy groups -OCH3 is 1. The number of benzene rings is 1. The van der Waals surface area contributed by atoms with E-state index in [0.29, 0.717) is 5.92 Å². The smallest absolute Gasteiger partial charge is 0.188 e. The van der Waals surface area contributed by atoms with Gasteiger partial charge in [-0.05, 0) is 67.9 Å². The van der Waals surface area contributed by atoms with E-state index >= 15 is 0 Å². The van der Waals surface area contributed by atoms with Crippen molar-refractivity contribution >= 4 is 5.78 Å². The van der Waals surface area contributed by atoms with Crippen LogP contribution < -0.4 is 4.74 Å². The zero-order valence-corrected chi connectivity index (χ0v) is 12.2. The van der Waals surface area contributed by atoms with E-state index in [1.165, 1.54) is 0 Å². The molecule has 1 atom stereocenters. The van der Waals surface area contributed by atoms with Gasteiger partial charge in [0.2, 0.25) is 0 Å². The summed E-state index contributed by atoms with van der Waals surface area (Å²) in [5.74, 6) is 1.74. The lowest BCUT2D eigenvalue weighted by Crippen LogP contribution is -2.11. The Morgan fingerprint density at radius 3 is 2.58 bits per heavy atom. The third kappa shape index (κ3) is 2.89. The SMILES string of the molecule is COc1cc(C)c(C(=O)C2=CCC(C)CC2)cc1C. The van der Waals surface area contributed by atoms with Crippen molar-refractivity contribution in [2.24, 2.45) is 5.92 Å². The van der Waals surface area contributed by atoms with Gasteiger partial charge >= 0.3 is 0 Å². The summed E-state index contributed by atoms with van der Waals surface area (Å²) in [5.41, 5.74) is 3.80. The van der Waals surface area contributed by atoms with Crippen LogP contribution in [0.3, 0.4) is 0 Å². The molecule has 0 saturated carbocycles. The first kappa shape index (κ1) is 13.9. The Hall–Kier alpha value is -1.57. The fraction of sp³-hybridized carbons (Fsp3) is 0.471. The quantitative estimate of drug-likeness (QED) is 0.758. The molecular formula is C17H22O2. The third-order valence-electron chi connectivity index (χ3n) is 3.95. The van der Waals surface area contributed by atoms with Crippen molar-refractivity contribution in [3.05, 3.63) is 40.5 Å². The summed E-state index contributed by atoms with van der Waals surface area (Å²) >= 11 is 0. The van der Waals surface area contributed by atoms with Crippen LogP contribution in [0.2, 0.25) is 0 Å². The standard InChI is InChI=1S/C17H22O2/c1-11-5-7-14(8-6-11)17(18)15-9-13(3)16(19-4)10-12(15)2/h7,9-11H,5-6,8H2,1-4H3. The predicted molar refractivity (Wildman–Crippen MR) is 77.9 cm³/mol. The third-order valence-corrected chi connectivity index (χ3v) is 3.95. The van der Waals surface area contributed by atoms with Crippen LogP contribution >= 0.6 is 0 Å². The van der Waals surface area contributed by atoms with Gasteiger partial charge in [0.15, 0.2) is 5.78 Å². The molecule has 1 aromatic carbocycles. The number of aryl methyl sites for hydroxylation is 2. The molecule has 2 heteroatoms. The van der Waals surface area contributed by atoms with Crippen molar-refractivity contribution in [1.29, 1.82) is 0 Å². The molecule has 0 fully saturated rings. The zero-order chi connectivity index (χ0) is 14.0. The summed E-state index contributed by atoms with van der Waals surface area (Å²) in [6, 6.07) is 3.91. The van der Waals surface area contributed by atoms with E-state index in [1.54, 1.807) is 7.11 Å². The molecule has 19 heavy (non-hydrogen) atoms. The summed E-state index contributed by atoms with van der Waals surface area (Å²) in [5, 5.41) is 0. The first-order valence-corrected chi connectivity index (χ1v) is 6.92. The lowest BCUT2D eigenvalue weighted by atomic mass is 9.86. The monoisotopic (exact) mass is 258 g/mol. The molecule has 102 valence electrons. The number of ether oxygens (including phenoxy) is 1. The molecule has 1 aromatic rings. The predicted octanol–water partition coefficient (Wildman–Crippen LogP) is 4.24. The number of hydrogen-bond acceptors (Lipinski definition) is 2. The summed E-state index contributed by atoms with van der Waals surface area (Å²) in [6.07, 6.45) is 5.17. The average molecular weight is 258 g/mol. The van der Waals surface area contributed by atoms with Gasteiger partial charge < -0.3 is 4.74 Å². The van der Waals surface area contributed by atoms with E-state index < -0.39 is 0 Å². The highest BCUT2D eigenvalue weighted by atomic mass is 16.5. The number of carbonyl (C=O) groups excluding carboxylic acids is 1. The molecule has 1 aliphatic rings. The lowest BCUT2D eigenvalue weighted by molar-refractivity contribution is 0.102. The molecule has 0 N–H and O–H groups in total. The average Bonchev–Trinajstić information content (AvgIpc) is 2.41. The summed E-state index contributed by atoms with van der Waals surface area (Å²) in [7, 11) is 1.66. The Morgan fingerprint density at radius 1 is 1.26 bits per heavy atom. The molecular weight excluding hydrogens is 236 g/mol. The first-order valence-electron chi connectivity index (χ1n) is 6.92. The second-order valence-electron chi connectivity index (χ2n) is 5.57. The number of allylic oxidation sites excluding steroid dienone is 2. The highest BCUT2D eigenvalue weighted by Crippen LogP contribution is 2.29. The maximum absolute atomic E-state index is 12.6. The van der Waals surface area contributed by atoms with Crippen molar-refractivity contribution in [3.8, 4) is 5.75 Å². The molecule has 0 radical (unpaired) electrons. The Bertz CT molecular complexity index is 526. The van der Waals surface area contributed by atoms with Crippen LogP contribution in [-0.4, -0.2) is 12.9 Å². The number of ketones is 1. The van der Waals surface area contributed by atoms with Crippen LogP contribution in [0.4, 0.5) is 0 Å². The van der Waals surface area contributed by atoms with Crippen LogP contribution in [0.5, 0.6) is 5.75 Å². The normalized spacial score (nSPS) is 18.9. The molecule has 0 aliphatic heterocycles. The highest BCUT2D eigenvalue weighted by molar-refractivity contribution is 6.09. The molecule has 0 spiro atoms. The summed E-state index contributed by atoms with van der Waals surface area (Å²) in [4.78, 5) is 12.6. The van der Waals surface area contributed by atoms with Crippen molar-refractivity contribution in [2.75, 3.05) is 7.11 Å². The fourth-order valence-electron chi connectivity index (χ4n) is 2.60. The maximum atomic E-state index is 12.6. The Morgan fingerprint density at radius 2 is 2.00 bits per heavy atom. The molecule has 1 aliphatic carbocycles. The molecule has 0 amide bonds. The van der Waals surface area contributed by atoms with Gasteiger partial charge in [0.1, 0.15) is 5.75 Å². The zero-order valence-electron chi connectivity index (χ0n) is 12.2. The van der Waals surface area contributed by atoms with Crippen molar-refractivity contribution in [1.82, 2.24) is 0 Å². The van der Waals surface area contributed by atoms with E-state index in [2.05, 4.69) is 13.0 Å². The minimum atomic E-state index is 0.190. The second kappa shape index (κ2) is 5.60. The van der Waals surface area contributed by atoms with E-state index in [-0.39, 0.29) is 5.78 Å². The van der Waals surface area contributed by atoms with E-state index in [4.69, 9.17) is 4.74 Å². The molecule has 0 bridgehead atoms. The van der Waals surface area contributed by atoms with Crippen LogP contribution in [-0.2, 0) is 0 Å². The highest BCUT2D eigenvalue weighted by Gasteiger charge is 2.19. The largest absolute Gasteiger partial charge is 0.496 e. The van der Waals surface area contributed by atoms with Gasteiger partial charge in [-0.15, -0.1) is 0 Å². The minimum absolute atomic E-state index is 0.190. The van der Waals surface area contributed by atoms with Gasteiger partial charge in [-0.1, -0.05) is 13.0 Å². The number of hydrogen-bond donors (Lipinski definition) is 0. The van der Waals surface area contributed by atoms with Crippen molar-refractivity contribution in [3.63, 3.8) is 0 Å². The number of rotatable bonds is 3. The minimum Gasteiger partial charge on any atom is -0.496 e. The first-order chi connectivity index (χ1) is 9.02. The molecule has 0 saturated heterocycles. The van der Waals surface area contributed by atoms with Gasteiger partial charge in [-0.3, -0.25) is 4.79 Å². The Balaban J connectivity index is 2.32. The molecule has 2 rings (SSSR count). The van der Waals surface area contributed by atoms with Gasteiger partial charge in [0, 0.05) is 5.56 Å². The van der Waals surface area contributed by atoms with E-state index in [0.717, 1.165) is 47.3 Å². The molecule has 0 heterocycles. The van der Waals surface area contributed by atoms with Crippen LogP contribution in [0, 0.1) is 19.8 Å². The topological polar surface area (TPSA) is 26.3 Å². The second-order valence-corrected chi connectivity index (χ2v) is 5.57. The fourth-order valence-corrected chi connectivity index (χ4v) is 2.60. The molecule has 1 unspecified atom stereocenters. The van der Waals surface area contributed by atoms with Crippen molar-refractivity contribution < 1.29 is 9.53 Å². The van der Waals surface area contributed by atoms with E-state index in [1.807, 2.05) is 26.0 Å². The Kier molecular flexibility index (Phi) is 4.08. The van der Waals surface area contributed by atoms with Crippen LogP contribution in [0.15, 0.2) is 23.8 Å². The van der Waals surface area contributed by atoms with Crippen LogP contribution in [0.1, 0.15) is 47.7 Å². The lowest BCUT2D eigenvalue weighted by Gasteiger charge is -2.18. The van der Waals surface area contributed by atoms with Crippen molar-refractivity contribution in [2.45, 2.75) is 40.0 Å². The van der Waals surface area contributed by atoms with E-state index in [9.17, 15) is 4.79 Å². The number of Topliss-reactive ketones (excluding diaryl/α,β-unsaturated/α-hetero) is 1. The molecule has 0 aromatic heterocycles. The van der Waals surface area contributed by atoms with Crippen LogP contribution in [0.25, 0.3) is 0 Å². The summed E-state index contributed by atoms with van der Waals surface area (Å²) in [6.45, 7) is 6.19. The van der Waals surface area contributed by atoms with Gasteiger partial charge in [-0.25, -0.2) is 0 Å². The maximum Gasteiger partial charge on any atom is 0.188 e. The number of carbonyl (C=O) groups is 1. The van der Waals surface area contributed by atoms with Gasteiger partial charge in [0.05, 0.1) is 7.11 Å².